The van der Waals surface area contributed by atoms with Gasteiger partial charge in [0.1, 0.15) is 0 Å². The highest BCUT2D eigenvalue weighted by Gasteiger charge is 2.18. The van der Waals surface area contributed by atoms with E-state index in [4.69, 9.17) is 10.5 Å². The average Bonchev–Trinajstić information content (AvgIpc) is 2.77. The Labute approximate surface area is 104 Å². The van der Waals surface area contributed by atoms with Crippen molar-refractivity contribution in [1.82, 2.24) is 5.32 Å². The van der Waals surface area contributed by atoms with E-state index in [0.717, 1.165) is 32.6 Å². The van der Waals surface area contributed by atoms with Gasteiger partial charge >= 0.3 is 0 Å². The second-order valence-corrected chi connectivity index (χ2v) is 5.47. The number of nitrogens with one attached hydrogen (secondary N) is 1. The van der Waals surface area contributed by atoms with Gasteiger partial charge in [-0.15, -0.1) is 0 Å². The minimum Gasteiger partial charge on any atom is -0.381 e. The van der Waals surface area contributed by atoms with Crippen molar-refractivity contribution in [2.45, 2.75) is 33.1 Å². The van der Waals surface area contributed by atoms with Crippen molar-refractivity contribution in [3.8, 4) is 0 Å². The van der Waals surface area contributed by atoms with Crippen LogP contribution in [0, 0.1) is 17.8 Å². The van der Waals surface area contributed by atoms with Crippen LogP contribution in [-0.2, 0) is 9.53 Å². The molecule has 1 heterocycles. The van der Waals surface area contributed by atoms with Gasteiger partial charge in [0.15, 0.2) is 0 Å². The van der Waals surface area contributed by atoms with E-state index in [1.54, 1.807) is 0 Å². The van der Waals surface area contributed by atoms with Crippen LogP contribution in [0.3, 0.4) is 0 Å². The molecule has 1 amide bonds. The first-order valence-corrected chi connectivity index (χ1v) is 6.66. The molecule has 0 aromatic rings. The van der Waals surface area contributed by atoms with E-state index >= 15 is 0 Å². The average molecular weight is 242 g/mol. The minimum absolute atomic E-state index is 0.132. The second-order valence-electron chi connectivity index (χ2n) is 5.47. The standard InChI is InChI=1S/C13H26N2O2/c1-10(2)5-12(7-14)6-13(16)15-8-11-3-4-17-9-11/h10-12H,3-9,14H2,1-2H3,(H,15,16). The number of ether oxygens (including phenoxy) is 1. The highest BCUT2D eigenvalue weighted by molar-refractivity contribution is 5.76. The molecule has 0 radical (unpaired) electrons. The maximum absolute atomic E-state index is 11.7. The molecule has 1 rings (SSSR count). The zero-order valence-electron chi connectivity index (χ0n) is 11.1. The summed E-state index contributed by atoms with van der Waals surface area (Å²) in [6.07, 6.45) is 2.64. The number of nitrogens with two attached hydrogens (primary N) is 1. The summed E-state index contributed by atoms with van der Waals surface area (Å²) in [6, 6.07) is 0. The topological polar surface area (TPSA) is 64.4 Å². The molecule has 4 nitrogen and oxygen atoms in total. The Morgan fingerprint density at radius 1 is 1.53 bits per heavy atom. The van der Waals surface area contributed by atoms with E-state index in [-0.39, 0.29) is 5.91 Å². The summed E-state index contributed by atoms with van der Waals surface area (Å²) < 4.78 is 5.27. The Morgan fingerprint density at radius 3 is 2.82 bits per heavy atom. The monoisotopic (exact) mass is 242 g/mol. The van der Waals surface area contributed by atoms with Crippen LogP contribution in [0.25, 0.3) is 0 Å². The molecule has 100 valence electrons. The molecule has 0 bridgehead atoms. The highest BCUT2D eigenvalue weighted by Crippen LogP contribution is 2.14. The fourth-order valence-electron chi connectivity index (χ4n) is 2.27. The van der Waals surface area contributed by atoms with Gasteiger partial charge in [-0.25, -0.2) is 0 Å². The van der Waals surface area contributed by atoms with Crippen LogP contribution in [0.1, 0.15) is 33.1 Å². The number of hydrogen-bond donors (Lipinski definition) is 2. The van der Waals surface area contributed by atoms with Crippen molar-refractivity contribution in [2.24, 2.45) is 23.5 Å². The molecule has 4 heteroatoms. The van der Waals surface area contributed by atoms with E-state index in [1.165, 1.54) is 0 Å². The predicted molar refractivity (Wildman–Crippen MR) is 68.6 cm³/mol. The Kier molecular flexibility index (Phi) is 6.52. The molecule has 0 aromatic heterocycles. The van der Waals surface area contributed by atoms with Gasteiger partial charge in [0.05, 0.1) is 6.61 Å². The maximum atomic E-state index is 11.7. The van der Waals surface area contributed by atoms with E-state index in [0.29, 0.717) is 30.7 Å². The molecule has 2 atom stereocenters. The van der Waals surface area contributed by atoms with Crippen molar-refractivity contribution in [1.29, 1.82) is 0 Å². The van der Waals surface area contributed by atoms with Gasteiger partial charge in [0.2, 0.25) is 5.91 Å². The normalized spacial score (nSPS) is 21.8. The third kappa shape index (κ3) is 6.03. The molecule has 1 fully saturated rings. The van der Waals surface area contributed by atoms with E-state index in [1.807, 2.05) is 0 Å². The van der Waals surface area contributed by atoms with Gasteiger partial charge in [0, 0.05) is 25.5 Å². The van der Waals surface area contributed by atoms with Crippen LogP contribution in [0.5, 0.6) is 0 Å². The zero-order valence-corrected chi connectivity index (χ0v) is 11.1. The lowest BCUT2D eigenvalue weighted by Gasteiger charge is -2.17. The molecule has 0 spiro atoms. The Morgan fingerprint density at radius 2 is 2.29 bits per heavy atom. The summed E-state index contributed by atoms with van der Waals surface area (Å²) in [6.45, 7) is 7.29. The lowest BCUT2D eigenvalue weighted by atomic mass is 9.94. The minimum atomic E-state index is 0.132. The van der Waals surface area contributed by atoms with E-state index < -0.39 is 0 Å². The third-order valence-corrected chi connectivity index (χ3v) is 3.22. The Hall–Kier alpha value is -0.610. The smallest absolute Gasteiger partial charge is 0.220 e. The van der Waals surface area contributed by atoms with Gasteiger partial charge in [-0.05, 0) is 31.2 Å². The first-order valence-electron chi connectivity index (χ1n) is 6.66. The SMILES string of the molecule is CC(C)CC(CN)CC(=O)NCC1CCOC1. The summed E-state index contributed by atoms with van der Waals surface area (Å²) >= 11 is 0. The van der Waals surface area contributed by atoms with Crippen molar-refractivity contribution in [2.75, 3.05) is 26.3 Å². The number of carbonyl (C=O) groups excluding carboxylic acids is 1. The molecular formula is C13H26N2O2. The Balaban J connectivity index is 2.17. The number of carbonyl (C=O) groups is 1. The first kappa shape index (κ1) is 14.5. The van der Waals surface area contributed by atoms with Gasteiger partial charge in [-0.2, -0.15) is 0 Å². The fourth-order valence-corrected chi connectivity index (χ4v) is 2.27. The van der Waals surface area contributed by atoms with Gasteiger partial charge < -0.3 is 15.8 Å². The lowest BCUT2D eigenvalue weighted by molar-refractivity contribution is -0.122. The molecule has 0 aromatic carbocycles. The van der Waals surface area contributed by atoms with Crippen LogP contribution in [0.15, 0.2) is 0 Å². The molecule has 1 aliphatic heterocycles. The van der Waals surface area contributed by atoms with Crippen LogP contribution in [0.4, 0.5) is 0 Å². The van der Waals surface area contributed by atoms with Crippen LogP contribution < -0.4 is 11.1 Å². The predicted octanol–water partition coefficient (Wildman–Crippen LogP) is 1.15. The molecular weight excluding hydrogens is 216 g/mol. The van der Waals surface area contributed by atoms with Crippen molar-refractivity contribution < 1.29 is 9.53 Å². The summed E-state index contributed by atoms with van der Waals surface area (Å²) in [7, 11) is 0. The summed E-state index contributed by atoms with van der Waals surface area (Å²) in [5, 5.41) is 2.99. The molecule has 1 aliphatic rings. The molecule has 1 saturated heterocycles. The first-order chi connectivity index (χ1) is 8.11. The zero-order chi connectivity index (χ0) is 12.7. The van der Waals surface area contributed by atoms with Crippen LogP contribution in [0.2, 0.25) is 0 Å². The quantitative estimate of drug-likeness (QED) is 0.704. The molecule has 3 N–H and O–H groups in total. The van der Waals surface area contributed by atoms with Crippen LogP contribution >= 0.6 is 0 Å². The fraction of sp³-hybridized carbons (Fsp3) is 0.923. The van der Waals surface area contributed by atoms with Gasteiger partial charge in [-0.1, -0.05) is 13.8 Å². The molecule has 0 aliphatic carbocycles. The summed E-state index contributed by atoms with van der Waals surface area (Å²) in [4.78, 5) is 11.7. The van der Waals surface area contributed by atoms with Gasteiger partial charge in [-0.3, -0.25) is 4.79 Å². The maximum Gasteiger partial charge on any atom is 0.220 e. The van der Waals surface area contributed by atoms with Crippen molar-refractivity contribution in [3.63, 3.8) is 0 Å². The molecule has 2 unspecified atom stereocenters. The number of hydrogen-bond acceptors (Lipinski definition) is 3. The van der Waals surface area contributed by atoms with Crippen molar-refractivity contribution >= 4 is 5.91 Å². The largest absolute Gasteiger partial charge is 0.381 e. The summed E-state index contributed by atoms with van der Waals surface area (Å²) in [5.41, 5.74) is 5.69. The summed E-state index contributed by atoms with van der Waals surface area (Å²) in [5.74, 6) is 1.54. The highest BCUT2D eigenvalue weighted by atomic mass is 16.5. The number of rotatable bonds is 7. The van der Waals surface area contributed by atoms with E-state index in [9.17, 15) is 4.79 Å². The third-order valence-electron chi connectivity index (χ3n) is 3.22. The second kappa shape index (κ2) is 7.67. The number of amides is 1. The van der Waals surface area contributed by atoms with Gasteiger partial charge in [0.25, 0.3) is 0 Å². The molecule has 17 heavy (non-hydrogen) atoms. The van der Waals surface area contributed by atoms with E-state index in [2.05, 4.69) is 19.2 Å². The Bertz CT molecular complexity index is 225. The van der Waals surface area contributed by atoms with Crippen LogP contribution in [-0.4, -0.2) is 32.2 Å². The molecule has 0 saturated carbocycles. The van der Waals surface area contributed by atoms with Crippen molar-refractivity contribution in [3.05, 3.63) is 0 Å². The lowest BCUT2D eigenvalue weighted by Crippen LogP contribution is -2.32.